The van der Waals surface area contributed by atoms with Gasteiger partial charge < -0.3 is 10.6 Å². The second-order valence-electron chi connectivity index (χ2n) is 5.79. The molecule has 1 atom stereocenters. The number of tetrazole rings is 1. The van der Waals surface area contributed by atoms with Gasteiger partial charge in [0.1, 0.15) is 6.33 Å². The first-order chi connectivity index (χ1) is 13.1. The minimum absolute atomic E-state index is 0.0628. The molecule has 10 heteroatoms. The third-order valence-corrected chi connectivity index (χ3v) is 5.41. The normalized spacial score (nSPS) is 15.7. The number of nitrogens with one attached hydrogen (secondary N) is 2. The number of carbonyl (C=O) groups is 2. The van der Waals surface area contributed by atoms with Crippen LogP contribution in [-0.2, 0) is 9.59 Å². The smallest absolute Gasteiger partial charge is 0.238 e. The van der Waals surface area contributed by atoms with Crippen molar-refractivity contribution in [2.75, 3.05) is 10.6 Å². The second kappa shape index (κ2) is 7.37. The number of hydrogen-bond acceptors (Lipinski definition) is 6. The number of halogens is 1. The Hall–Kier alpha value is -2.91. The molecule has 1 aliphatic rings. The molecule has 136 valence electrons. The van der Waals surface area contributed by atoms with Crippen LogP contribution in [0.4, 0.5) is 11.4 Å². The summed E-state index contributed by atoms with van der Waals surface area (Å²) < 4.78 is 1.51. The summed E-state index contributed by atoms with van der Waals surface area (Å²) in [4.78, 5) is 25.5. The predicted molar refractivity (Wildman–Crippen MR) is 102 cm³/mol. The largest absolute Gasteiger partial charge is 0.326 e. The highest BCUT2D eigenvalue weighted by Gasteiger charge is 2.29. The molecule has 1 aromatic heterocycles. The summed E-state index contributed by atoms with van der Waals surface area (Å²) in [7, 11) is 0. The average molecular weight is 401 g/mol. The van der Waals surface area contributed by atoms with Crippen LogP contribution in [0.2, 0.25) is 5.02 Å². The van der Waals surface area contributed by atoms with Gasteiger partial charge in [0, 0.05) is 22.0 Å². The number of thioether (sulfide) groups is 1. The molecule has 4 rings (SSSR count). The fraction of sp³-hybridized carbons (Fsp3) is 0.118. The minimum atomic E-state index is -0.501. The van der Waals surface area contributed by atoms with Crippen LogP contribution in [0.5, 0.6) is 0 Å². The Bertz CT molecular complexity index is 993. The fourth-order valence-corrected chi connectivity index (χ4v) is 3.88. The van der Waals surface area contributed by atoms with Gasteiger partial charge >= 0.3 is 0 Å². The quantitative estimate of drug-likeness (QED) is 0.698. The van der Waals surface area contributed by atoms with Gasteiger partial charge in [-0.05, 0) is 52.9 Å². The molecular formula is C17H13ClN6O2S. The highest BCUT2D eigenvalue weighted by molar-refractivity contribution is 8.01. The van der Waals surface area contributed by atoms with E-state index in [0.29, 0.717) is 16.4 Å². The molecule has 2 amide bonds. The van der Waals surface area contributed by atoms with Crippen molar-refractivity contribution in [1.82, 2.24) is 20.2 Å². The van der Waals surface area contributed by atoms with Crippen molar-refractivity contribution < 1.29 is 9.59 Å². The number of fused-ring (bicyclic) bond motifs is 1. The van der Waals surface area contributed by atoms with E-state index in [1.165, 1.54) is 22.8 Å². The van der Waals surface area contributed by atoms with E-state index in [1.807, 2.05) is 6.07 Å². The third-order valence-electron chi connectivity index (χ3n) is 3.90. The van der Waals surface area contributed by atoms with Crippen LogP contribution in [0.15, 0.2) is 53.7 Å². The Morgan fingerprint density at radius 2 is 2.07 bits per heavy atom. The van der Waals surface area contributed by atoms with Gasteiger partial charge in [-0.3, -0.25) is 9.59 Å². The van der Waals surface area contributed by atoms with Gasteiger partial charge in [-0.15, -0.1) is 16.9 Å². The number of carbonyl (C=O) groups excluding carboxylic acids is 2. The fourth-order valence-electron chi connectivity index (χ4n) is 2.61. The van der Waals surface area contributed by atoms with Crippen LogP contribution < -0.4 is 10.6 Å². The van der Waals surface area contributed by atoms with Crippen LogP contribution in [0, 0.1) is 0 Å². The van der Waals surface area contributed by atoms with E-state index in [-0.39, 0.29) is 18.2 Å². The van der Waals surface area contributed by atoms with Crippen molar-refractivity contribution in [2.45, 2.75) is 16.6 Å². The molecule has 0 bridgehead atoms. The lowest BCUT2D eigenvalue weighted by Gasteiger charge is -2.23. The van der Waals surface area contributed by atoms with Crippen LogP contribution in [-0.4, -0.2) is 37.3 Å². The first-order valence-corrected chi connectivity index (χ1v) is 9.24. The molecule has 0 saturated heterocycles. The second-order valence-corrected chi connectivity index (χ2v) is 7.47. The summed E-state index contributed by atoms with van der Waals surface area (Å²) >= 11 is 7.30. The topological polar surface area (TPSA) is 102 Å². The highest BCUT2D eigenvalue weighted by Crippen LogP contribution is 2.38. The number of hydrogen-bond donors (Lipinski definition) is 2. The first kappa shape index (κ1) is 17.5. The Kier molecular flexibility index (Phi) is 4.78. The summed E-state index contributed by atoms with van der Waals surface area (Å²) in [6.45, 7) is 0. The average Bonchev–Trinajstić information content (AvgIpc) is 3.18. The summed E-state index contributed by atoms with van der Waals surface area (Å²) in [5.74, 6) is -0.450. The molecule has 27 heavy (non-hydrogen) atoms. The van der Waals surface area contributed by atoms with Crippen molar-refractivity contribution in [2.24, 2.45) is 0 Å². The maximum absolute atomic E-state index is 12.3. The standard InChI is InChI=1S/C17H13ClN6O2S/c18-10-1-6-14-13(7-10)21-17(26)15(27-14)8-16(25)20-11-2-4-12(5-3-11)24-9-19-22-23-24/h1-7,9,15H,8H2,(H,20,25)(H,21,26)/t15-/m1/s1. The van der Waals surface area contributed by atoms with Gasteiger partial charge in [0.2, 0.25) is 11.8 Å². The summed E-state index contributed by atoms with van der Waals surface area (Å²) in [6, 6.07) is 12.4. The van der Waals surface area contributed by atoms with Gasteiger partial charge in [-0.1, -0.05) is 11.6 Å². The van der Waals surface area contributed by atoms with Gasteiger partial charge in [0.15, 0.2) is 0 Å². The van der Waals surface area contributed by atoms with Gasteiger partial charge in [0.25, 0.3) is 0 Å². The Morgan fingerprint density at radius 3 is 2.81 bits per heavy atom. The number of aromatic nitrogens is 4. The van der Waals surface area contributed by atoms with Crippen molar-refractivity contribution in [3.05, 3.63) is 53.8 Å². The van der Waals surface area contributed by atoms with Crippen molar-refractivity contribution in [1.29, 1.82) is 0 Å². The zero-order chi connectivity index (χ0) is 18.8. The van der Waals surface area contributed by atoms with Crippen LogP contribution >= 0.6 is 23.4 Å². The molecule has 0 fully saturated rings. The van der Waals surface area contributed by atoms with E-state index < -0.39 is 5.25 Å². The molecule has 0 spiro atoms. The molecule has 3 aromatic rings. The number of anilines is 2. The van der Waals surface area contributed by atoms with Crippen molar-refractivity contribution in [3.8, 4) is 5.69 Å². The molecule has 2 N–H and O–H groups in total. The van der Waals surface area contributed by atoms with E-state index in [9.17, 15) is 9.59 Å². The monoisotopic (exact) mass is 400 g/mol. The Morgan fingerprint density at radius 1 is 1.26 bits per heavy atom. The van der Waals surface area contributed by atoms with Gasteiger partial charge in [0.05, 0.1) is 16.6 Å². The predicted octanol–water partition coefficient (Wildman–Crippen LogP) is 2.76. The van der Waals surface area contributed by atoms with E-state index in [1.54, 1.807) is 36.4 Å². The van der Waals surface area contributed by atoms with Crippen molar-refractivity contribution in [3.63, 3.8) is 0 Å². The van der Waals surface area contributed by atoms with Crippen molar-refractivity contribution >= 4 is 46.6 Å². The lowest BCUT2D eigenvalue weighted by Crippen LogP contribution is -2.32. The number of rotatable bonds is 4. The van der Waals surface area contributed by atoms with E-state index in [4.69, 9.17) is 11.6 Å². The zero-order valence-corrected chi connectivity index (χ0v) is 15.4. The molecular weight excluding hydrogens is 388 g/mol. The lowest BCUT2D eigenvalue weighted by molar-refractivity contribution is -0.120. The molecule has 0 saturated carbocycles. The molecule has 2 heterocycles. The Balaban J connectivity index is 1.39. The third kappa shape index (κ3) is 3.93. The summed E-state index contributed by atoms with van der Waals surface area (Å²) in [5, 5.41) is 16.6. The SMILES string of the molecule is O=C(C[C@H]1Sc2ccc(Cl)cc2NC1=O)Nc1ccc(-n2cnnn2)cc1. The molecule has 1 aliphatic heterocycles. The van der Waals surface area contributed by atoms with Gasteiger partial charge in [-0.2, -0.15) is 0 Å². The first-order valence-electron chi connectivity index (χ1n) is 7.99. The van der Waals surface area contributed by atoms with E-state index in [2.05, 4.69) is 26.2 Å². The Labute approximate surface area is 163 Å². The number of nitrogens with zero attached hydrogens (tertiary/aromatic N) is 4. The van der Waals surface area contributed by atoms with Crippen LogP contribution in [0.3, 0.4) is 0 Å². The van der Waals surface area contributed by atoms with Gasteiger partial charge in [-0.25, -0.2) is 4.68 Å². The zero-order valence-electron chi connectivity index (χ0n) is 13.8. The highest BCUT2D eigenvalue weighted by atomic mass is 35.5. The maximum Gasteiger partial charge on any atom is 0.238 e. The lowest BCUT2D eigenvalue weighted by atomic mass is 10.2. The van der Waals surface area contributed by atoms with E-state index >= 15 is 0 Å². The summed E-state index contributed by atoms with van der Waals surface area (Å²) in [6.07, 6.45) is 1.55. The number of benzene rings is 2. The number of amides is 2. The molecule has 0 aliphatic carbocycles. The maximum atomic E-state index is 12.3. The molecule has 0 radical (unpaired) electrons. The molecule has 2 aromatic carbocycles. The molecule has 8 nitrogen and oxygen atoms in total. The minimum Gasteiger partial charge on any atom is -0.326 e. The van der Waals surface area contributed by atoms with E-state index in [0.717, 1.165) is 10.6 Å². The van der Waals surface area contributed by atoms with Crippen LogP contribution in [0.25, 0.3) is 5.69 Å². The molecule has 0 unspecified atom stereocenters. The van der Waals surface area contributed by atoms with Crippen LogP contribution in [0.1, 0.15) is 6.42 Å². The summed E-state index contributed by atoms with van der Waals surface area (Å²) in [5.41, 5.74) is 2.08.